The molecule has 0 aliphatic heterocycles. The van der Waals surface area contributed by atoms with Crippen LogP contribution in [0.25, 0.3) is 10.8 Å². The first-order valence-electron chi connectivity index (χ1n) is 5.95. The zero-order valence-corrected chi connectivity index (χ0v) is 10.8. The molecule has 0 fully saturated rings. The number of aromatic carboxylic acids is 1. The van der Waals surface area contributed by atoms with Gasteiger partial charge in [-0.25, -0.2) is 4.79 Å². The summed E-state index contributed by atoms with van der Waals surface area (Å²) in [6, 6.07) is 7.87. The van der Waals surface area contributed by atoms with Crippen molar-refractivity contribution in [2.75, 3.05) is 6.61 Å². The largest absolute Gasteiger partial charge is 0.486 e. The number of halogens is 5. The van der Waals surface area contributed by atoms with E-state index in [0.717, 1.165) is 0 Å². The van der Waals surface area contributed by atoms with Crippen LogP contribution in [0.15, 0.2) is 36.4 Å². The smallest absolute Gasteiger partial charge is 0.456 e. The van der Waals surface area contributed by atoms with E-state index in [1.807, 2.05) is 0 Å². The first-order chi connectivity index (χ1) is 10.1. The Bertz CT molecular complexity index is 709. The standard InChI is InChI=1S/C14H9F5O3/c15-13(16,14(17,18)19)7-22-11-3-1-2-8-6-9(12(20)21)4-5-10(8)11/h1-6H,7H2,(H,20,21). The summed E-state index contributed by atoms with van der Waals surface area (Å²) < 4.78 is 66.6. The molecule has 0 aliphatic rings. The Labute approximate surface area is 120 Å². The Morgan fingerprint density at radius 3 is 2.36 bits per heavy atom. The first-order valence-corrected chi connectivity index (χ1v) is 5.95. The minimum Gasteiger partial charge on any atom is -0.486 e. The lowest BCUT2D eigenvalue weighted by Gasteiger charge is -2.20. The van der Waals surface area contributed by atoms with Crippen molar-refractivity contribution in [1.29, 1.82) is 0 Å². The number of alkyl halides is 5. The molecular formula is C14H9F5O3. The van der Waals surface area contributed by atoms with Crippen LogP contribution in [0.1, 0.15) is 10.4 Å². The third-order valence-electron chi connectivity index (χ3n) is 2.91. The molecule has 0 radical (unpaired) electrons. The summed E-state index contributed by atoms with van der Waals surface area (Å²) in [5.41, 5.74) is -0.0368. The Kier molecular flexibility index (Phi) is 3.95. The molecule has 0 aromatic heterocycles. The number of carbonyl (C=O) groups is 1. The molecular weight excluding hydrogens is 311 g/mol. The van der Waals surface area contributed by atoms with Crippen molar-refractivity contribution in [3.05, 3.63) is 42.0 Å². The van der Waals surface area contributed by atoms with Gasteiger partial charge in [0.2, 0.25) is 0 Å². The molecule has 2 aromatic rings. The number of fused-ring (bicyclic) bond motifs is 1. The molecule has 0 amide bonds. The second kappa shape index (κ2) is 5.43. The lowest BCUT2D eigenvalue weighted by molar-refractivity contribution is -0.289. The van der Waals surface area contributed by atoms with Gasteiger partial charge in [-0.1, -0.05) is 12.1 Å². The molecule has 1 N–H and O–H groups in total. The molecule has 0 saturated heterocycles. The SMILES string of the molecule is O=C(O)c1ccc2c(OCC(F)(F)C(F)(F)F)cccc2c1. The topological polar surface area (TPSA) is 46.5 Å². The summed E-state index contributed by atoms with van der Waals surface area (Å²) in [5, 5.41) is 9.45. The van der Waals surface area contributed by atoms with E-state index in [1.54, 1.807) is 0 Å². The average molecular weight is 320 g/mol. The van der Waals surface area contributed by atoms with Gasteiger partial charge in [-0.05, 0) is 29.7 Å². The maximum absolute atomic E-state index is 12.9. The van der Waals surface area contributed by atoms with Gasteiger partial charge in [0.25, 0.3) is 0 Å². The molecule has 8 heteroatoms. The van der Waals surface area contributed by atoms with Crippen LogP contribution in [-0.4, -0.2) is 29.8 Å². The van der Waals surface area contributed by atoms with Crippen molar-refractivity contribution >= 4 is 16.7 Å². The second-order valence-corrected chi connectivity index (χ2v) is 4.49. The van der Waals surface area contributed by atoms with E-state index in [9.17, 15) is 26.7 Å². The fourth-order valence-corrected chi connectivity index (χ4v) is 1.76. The van der Waals surface area contributed by atoms with Crippen LogP contribution in [0.2, 0.25) is 0 Å². The van der Waals surface area contributed by atoms with E-state index in [-0.39, 0.29) is 16.7 Å². The van der Waals surface area contributed by atoms with E-state index in [1.165, 1.54) is 36.4 Å². The van der Waals surface area contributed by atoms with Gasteiger partial charge in [0.1, 0.15) is 5.75 Å². The maximum atomic E-state index is 12.9. The second-order valence-electron chi connectivity index (χ2n) is 4.49. The highest BCUT2D eigenvalue weighted by atomic mass is 19.4. The van der Waals surface area contributed by atoms with Gasteiger partial charge in [-0.3, -0.25) is 0 Å². The molecule has 0 heterocycles. The summed E-state index contributed by atoms with van der Waals surface area (Å²) in [6.45, 7) is -1.85. The van der Waals surface area contributed by atoms with Gasteiger partial charge in [-0.15, -0.1) is 0 Å². The molecule has 2 aromatic carbocycles. The van der Waals surface area contributed by atoms with Crippen molar-refractivity contribution in [3.63, 3.8) is 0 Å². The van der Waals surface area contributed by atoms with Gasteiger partial charge in [-0.2, -0.15) is 22.0 Å². The van der Waals surface area contributed by atoms with Gasteiger partial charge in [0.15, 0.2) is 6.61 Å². The summed E-state index contributed by atoms with van der Waals surface area (Å²) in [7, 11) is 0. The summed E-state index contributed by atoms with van der Waals surface area (Å²) in [6.07, 6.45) is -5.70. The van der Waals surface area contributed by atoms with Crippen LogP contribution in [0, 0.1) is 0 Å². The lowest BCUT2D eigenvalue weighted by Crippen LogP contribution is -2.41. The highest BCUT2D eigenvalue weighted by Crippen LogP contribution is 2.36. The van der Waals surface area contributed by atoms with Crippen molar-refractivity contribution in [2.45, 2.75) is 12.1 Å². The van der Waals surface area contributed by atoms with E-state index >= 15 is 0 Å². The molecule has 0 aliphatic carbocycles. The summed E-state index contributed by atoms with van der Waals surface area (Å²) in [5.74, 6) is -6.34. The van der Waals surface area contributed by atoms with Crippen molar-refractivity contribution in [3.8, 4) is 5.75 Å². The summed E-state index contributed by atoms with van der Waals surface area (Å²) >= 11 is 0. The number of benzene rings is 2. The van der Waals surface area contributed by atoms with E-state index in [2.05, 4.69) is 4.74 Å². The molecule has 2 rings (SSSR count). The van der Waals surface area contributed by atoms with E-state index in [4.69, 9.17) is 5.11 Å². The Morgan fingerprint density at radius 2 is 1.77 bits per heavy atom. The van der Waals surface area contributed by atoms with Gasteiger partial charge < -0.3 is 9.84 Å². The third-order valence-corrected chi connectivity index (χ3v) is 2.91. The quantitative estimate of drug-likeness (QED) is 0.862. The normalized spacial score (nSPS) is 12.4. The predicted octanol–water partition coefficient (Wildman–Crippen LogP) is 4.11. The highest BCUT2D eigenvalue weighted by molar-refractivity contribution is 5.96. The number of carboxylic acid groups (broad SMARTS) is 1. The van der Waals surface area contributed by atoms with Crippen LogP contribution < -0.4 is 4.74 Å². The third kappa shape index (κ3) is 3.10. The van der Waals surface area contributed by atoms with Crippen molar-refractivity contribution in [1.82, 2.24) is 0 Å². The average Bonchev–Trinajstić information content (AvgIpc) is 2.43. The Hall–Kier alpha value is -2.38. The number of hydrogen-bond donors (Lipinski definition) is 1. The van der Waals surface area contributed by atoms with Crippen molar-refractivity contribution < 1.29 is 36.6 Å². The zero-order valence-electron chi connectivity index (χ0n) is 10.8. The van der Waals surface area contributed by atoms with Crippen LogP contribution in [0.3, 0.4) is 0 Å². The minimum atomic E-state index is -5.70. The molecule has 0 bridgehead atoms. The van der Waals surface area contributed by atoms with E-state index < -0.39 is 24.7 Å². The van der Waals surface area contributed by atoms with Crippen LogP contribution in [0.5, 0.6) is 5.75 Å². The van der Waals surface area contributed by atoms with Gasteiger partial charge in [0, 0.05) is 5.39 Å². The Balaban J connectivity index is 2.31. The lowest BCUT2D eigenvalue weighted by atomic mass is 10.1. The highest BCUT2D eigenvalue weighted by Gasteiger charge is 2.58. The summed E-state index contributed by atoms with van der Waals surface area (Å²) in [4.78, 5) is 10.8. The molecule has 0 spiro atoms. The fourth-order valence-electron chi connectivity index (χ4n) is 1.76. The van der Waals surface area contributed by atoms with Crippen LogP contribution in [0.4, 0.5) is 22.0 Å². The molecule has 0 atom stereocenters. The predicted molar refractivity (Wildman–Crippen MR) is 67.4 cm³/mol. The molecule has 3 nitrogen and oxygen atoms in total. The number of carboxylic acids is 1. The van der Waals surface area contributed by atoms with Gasteiger partial charge >= 0.3 is 18.1 Å². The molecule has 0 saturated carbocycles. The first kappa shape index (κ1) is 16.0. The fraction of sp³-hybridized carbons (Fsp3) is 0.214. The Morgan fingerprint density at radius 1 is 1.09 bits per heavy atom. The van der Waals surface area contributed by atoms with Gasteiger partial charge in [0.05, 0.1) is 5.56 Å². The molecule has 0 unspecified atom stereocenters. The number of rotatable bonds is 4. The number of hydrogen-bond acceptors (Lipinski definition) is 2. The monoisotopic (exact) mass is 320 g/mol. The minimum absolute atomic E-state index is 0.0368. The molecule has 118 valence electrons. The zero-order chi connectivity index (χ0) is 16.5. The molecule has 22 heavy (non-hydrogen) atoms. The van der Waals surface area contributed by atoms with Crippen LogP contribution >= 0.6 is 0 Å². The van der Waals surface area contributed by atoms with E-state index in [0.29, 0.717) is 5.39 Å². The number of ether oxygens (including phenoxy) is 1. The maximum Gasteiger partial charge on any atom is 0.456 e. The van der Waals surface area contributed by atoms with Crippen molar-refractivity contribution in [2.24, 2.45) is 0 Å². The van der Waals surface area contributed by atoms with Crippen LogP contribution in [-0.2, 0) is 0 Å².